The van der Waals surface area contributed by atoms with Crippen LogP contribution in [-0.4, -0.2) is 47.2 Å². The number of halogens is 1. The van der Waals surface area contributed by atoms with Gasteiger partial charge in [-0.1, -0.05) is 12.1 Å². The molecule has 1 aliphatic heterocycles. The number of carbonyl (C=O) groups is 2. The molecule has 1 fully saturated rings. The van der Waals surface area contributed by atoms with Crippen LogP contribution in [0.2, 0.25) is 0 Å². The van der Waals surface area contributed by atoms with Crippen LogP contribution >= 0.6 is 0 Å². The van der Waals surface area contributed by atoms with Crippen LogP contribution in [0.1, 0.15) is 21.8 Å². The molecular formula is C19H18FNO5. The molecule has 7 heteroatoms. The van der Waals surface area contributed by atoms with Gasteiger partial charge in [-0.2, -0.15) is 0 Å². The number of hydrogen-bond acceptors (Lipinski definition) is 4. The van der Waals surface area contributed by atoms with Crippen molar-refractivity contribution in [1.29, 1.82) is 0 Å². The van der Waals surface area contributed by atoms with Gasteiger partial charge in [-0.3, -0.25) is 9.59 Å². The lowest BCUT2D eigenvalue weighted by Gasteiger charge is -2.17. The summed E-state index contributed by atoms with van der Waals surface area (Å²) < 4.78 is 18.5. The summed E-state index contributed by atoms with van der Waals surface area (Å²) >= 11 is 0. The number of likely N-dealkylation sites (tertiary alicyclic amines) is 1. The van der Waals surface area contributed by atoms with E-state index in [0.29, 0.717) is 11.3 Å². The second kappa shape index (κ2) is 7.03. The maximum atomic E-state index is 13.5. The van der Waals surface area contributed by atoms with Crippen LogP contribution in [0, 0.1) is 11.7 Å². The number of methoxy groups -OCH3 is 1. The van der Waals surface area contributed by atoms with Gasteiger partial charge in [0.2, 0.25) is 0 Å². The number of aliphatic carboxylic acids is 1. The molecule has 0 unspecified atom stereocenters. The molecule has 1 aliphatic rings. The number of phenolic OH excluding ortho intramolecular Hbond substituents is 1. The summed E-state index contributed by atoms with van der Waals surface area (Å²) in [6.07, 6.45) is 0. The number of benzene rings is 2. The minimum atomic E-state index is -1.05. The quantitative estimate of drug-likeness (QED) is 0.876. The van der Waals surface area contributed by atoms with Crippen molar-refractivity contribution in [1.82, 2.24) is 4.90 Å². The van der Waals surface area contributed by atoms with Crippen LogP contribution < -0.4 is 4.74 Å². The van der Waals surface area contributed by atoms with Gasteiger partial charge in [0.1, 0.15) is 17.3 Å². The van der Waals surface area contributed by atoms with E-state index in [1.54, 1.807) is 12.1 Å². The molecule has 1 heterocycles. The summed E-state index contributed by atoms with van der Waals surface area (Å²) in [5, 5.41) is 19.6. The van der Waals surface area contributed by atoms with Crippen molar-refractivity contribution in [2.45, 2.75) is 5.92 Å². The molecule has 1 saturated heterocycles. The standard InChI is InChI=1S/C19H18FNO5/c1-26-13-5-6-14(17(22)8-13)18(23)21-9-15(16(10-21)19(24)25)11-3-2-4-12(20)7-11/h2-8,15-16,22H,9-10H2,1H3,(H,24,25)/t15-,16+/m0/s1. The van der Waals surface area contributed by atoms with Crippen molar-refractivity contribution < 1.29 is 28.9 Å². The lowest BCUT2D eigenvalue weighted by Crippen LogP contribution is -2.30. The van der Waals surface area contributed by atoms with Gasteiger partial charge < -0.3 is 19.8 Å². The molecule has 136 valence electrons. The van der Waals surface area contributed by atoms with Gasteiger partial charge in [0.05, 0.1) is 18.6 Å². The molecule has 0 aromatic heterocycles. The molecule has 6 nitrogen and oxygen atoms in total. The summed E-state index contributed by atoms with van der Waals surface area (Å²) in [6, 6.07) is 10.0. The summed E-state index contributed by atoms with van der Waals surface area (Å²) in [5.74, 6) is -3.18. The van der Waals surface area contributed by atoms with Gasteiger partial charge in [0, 0.05) is 25.1 Å². The first kappa shape index (κ1) is 17.7. The Labute approximate surface area is 149 Å². The molecule has 3 rings (SSSR count). The molecule has 2 aromatic carbocycles. The number of nitrogens with zero attached hydrogens (tertiary/aromatic N) is 1. The van der Waals surface area contributed by atoms with Crippen molar-refractivity contribution in [3.05, 3.63) is 59.4 Å². The van der Waals surface area contributed by atoms with E-state index in [-0.39, 0.29) is 24.4 Å². The van der Waals surface area contributed by atoms with E-state index >= 15 is 0 Å². The fourth-order valence-corrected chi connectivity index (χ4v) is 3.28. The van der Waals surface area contributed by atoms with Gasteiger partial charge in [-0.05, 0) is 29.8 Å². The van der Waals surface area contributed by atoms with Crippen LogP contribution in [0.25, 0.3) is 0 Å². The third kappa shape index (κ3) is 3.33. The number of ether oxygens (including phenoxy) is 1. The van der Waals surface area contributed by atoms with Crippen LogP contribution in [0.3, 0.4) is 0 Å². The minimum absolute atomic E-state index is 0.0131. The van der Waals surface area contributed by atoms with E-state index in [2.05, 4.69) is 0 Å². The second-order valence-corrected chi connectivity index (χ2v) is 6.20. The van der Waals surface area contributed by atoms with Crippen LogP contribution in [0.15, 0.2) is 42.5 Å². The summed E-state index contributed by atoms with van der Waals surface area (Å²) in [6.45, 7) is 0.117. The predicted octanol–water partition coefficient (Wildman–Crippen LogP) is 2.48. The highest BCUT2D eigenvalue weighted by molar-refractivity contribution is 5.97. The third-order valence-corrected chi connectivity index (χ3v) is 4.64. The number of hydrogen-bond donors (Lipinski definition) is 2. The summed E-state index contributed by atoms with van der Waals surface area (Å²) in [4.78, 5) is 25.7. The molecule has 0 aliphatic carbocycles. The highest BCUT2D eigenvalue weighted by Gasteiger charge is 2.41. The molecule has 0 saturated carbocycles. The smallest absolute Gasteiger partial charge is 0.308 e. The minimum Gasteiger partial charge on any atom is -0.507 e. The number of aromatic hydroxyl groups is 1. The van der Waals surface area contributed by atoms with E-state index in [0.717, 1.165) is 0 Å². The molecule has 0 spiro atoms. The van der Waals surface area contributed by atoms with Crippen molar-refractivity contribution in [3.8, 4) is 11.5 Å². The monoisotopic (exact) mass is 359 g/mol. The Balaban J connectivity index is 1.88. The lowest BCUT2D eigenvalue weighted by molar-refractivity contribution is -0.141. The number of phenols is 1. The second-order valence-electron chi connectivity index (χ2n) is 6.20. The SMILES string of the molecule is COc1ccc(C(=O)N2C[C@@H](C(=O)O)[C@H](c3cccc(F)c3)C2)c(O)c1. The van der Waals surface area contributed by atoms with E-state index in [1.165, 1.54) is 42.3 Å². The van der Waals surface area contributed by atoms with Crippen LogP contribution in [0.4, 0.5) is 4.39 Å². The zero-order valence-electron chi connectivity index (χ0n) is 14.1. The number of carboxylic acid groups (broad SMARTS) is 1. The van der Waals surface area contributed by atoms with Crippen LogP contribution in [0.5, 0.6) is 11.5 Å². The number of carbonyl (C=O) groups excluding carboxylic acids is 1. The molecule has 1 amide bonds. The molecule has 0 bridgehead atoms. The Morgan fingerprint density at radius 2 is 1.96 bits per heavy atom. The molecule has 0 radical (unpaired) electrons. The van der Waals surface area contributed by atoms with Gasteiger partial charge in [0.15, 0.2) is 0 Å². The first-order valence-corrected chi connectivity index (χ1v) is 8.05. The van der Waals surface area contributed by atoms with Crippen molar-refractivity contribution >= 4 is 11.9 Å². The van der Waals surface area contributed by atoms with Gasteiger partial charge in [-0.15, -0.1) is 0 Å². The van der Waals surface area contributed by atoms with E-state index < -0.39 is 29.5 Å². The van der Waals surface area contributed by atoms with E-state index in [4.69, 9.17) is 4.74 Å². The van der Waals surface area contributed by atoms with Gasteiger partial charge in [0.25, 0.3) is 5.91 Å². The predicted molar refractivity (Wildman–Crippen MR) is 90.8 cm³/mol. The van der Waals surface area contributed by atoms with Crippen molar-refractivity contribution in [2.75, 3.05) is 20.2 Å². The Morgan fingerprint density at radius 3 is 2.58 bits per heavy atom. The topological polar surface area (TPSA) is 87.1 Å². The molecule has 2 aromatic rings. The first-order valence-electron chi connectivity index (χ1n) is 8.05. The van der Waals surface area contributed by atoms with Crippen molar-refractivity contribution in [2.24, 2.45) is 5.92 Å². The number of amides is 1. The highest BCUT2D eigenvalue weighted by Crippen LogP contribution is 2.35. The highest BCUT2D eigenvalue weighted by atomic mass is 19.1. The molecule has 26 heavy (non-hydrogen) atoms. The number of carboxylic acids is 1. The fourth-order valence-electron chi connectivity index (χ4n) is 3.28. The average molecular weight is 359 g/mol. The fraction of sp³-hybridized carbons (Fsp3) is 0.263. The zero-order chi connectivity index (χ0) is 18.8. The Morgan fingerprint density at radius 1 is 1.19 bits per heavy atom. The maximum absolute atomic E-state index is 13.5. The normalized spacial score (nSPS) is 19.4. The molecule has 2 N–H and O–H groups in total. The largest absolute Gasteiger partial charge is 0.507 e. The van der Waals surface area contributed by atoms with Crippen LogP contribution in [-0.2, 0) is 4.79 Å². The van der Waals surface area contributed by atoms with E-state index in [1.807, 2.05) is 0 Å². The number of rotatable bonds is 4. The lowest BCUT2D eigenvalue weighted by atomic mass is 9.89. The third-order valence-electron chi connectivity index (χ3n) is 4.64. The maximum Gasteiger partial charge on any atom is 0.308 e. The average Bonchev–Trinajstić information content (AvgIpc) is 3.07. The molecule has 2 atom stereocenters. The van der Waals surface area contributed by atoms with Gasteiger partial charge in [-0.25, -0.2) is 4.39 Å². The van der Waals surface area contributed by atoms with Gasteiger partial charge >= 0.3 is 5.97 Å². The zero-order valence-corrected chi connectivity index (χ0v) is 14.1. The Bertz CT molecular complexity index is 854. The van der Waals surface area contributed by atoms with E-state index in [9.17, 15) is 24.2 Å². The first-order chi connectivity index (χ1) is 12.4. The summed E-state index contributed by atoms with van der Waals surface area (Å²) in [5.41, 5.74) is 0.599. The Hall–Kier alpha value is -3.09. The summed E-state index contributed by atoms with van der Waals surface area (Å²) in [7, 11) is 1.44. The molecular weight excluding hydrogens is 341 g/mol. The Kier molecular flexibility index (Phi) is 4.79. The van der Waals surface area contributed by atoms with Crippen molar-refractivity contribution in [3.63, 3.8) is 0 Å².